The Kier molecular flexibility index (Phi) is 3.49. The molecule has 1 aromatic carbocycles. The van der Waals surface area contributed by atoms with Crippen molar-refractivity contribution in [1.29, 1.82) is 0 Å². The standard InChI is InChI=1S/C18H17N5O2/c1-10-21-15-13(6-7-20-17(15)22-10)18(25)23-9-12-5-3-2-4-11(12)8-14(23)16(19)24/h2-7,14H,8-9H2,1H3,(H2,19,24)(H,20,21,22)/t14-/m0/s1. The average Bonchev–Trinajstić information content (AvgIpc) is 3.00. The molecular formula is C18H17N5O2. The summed E-state index contributed by atoms with van der Waals surface area (Å²) in [6, 6.07) is 8.75. The third-order valence-corrected chi connectivity index (χ3v) is 4.58. The number of amides is 2. The topological polar surface area (TPSA) is 105 Å². The summed E-state index contributed by atoms with van der Waals surface area (Å²) in [6.45, 7) is 2.15. The van der Waals surface area contributed by atoms with Crippen LogP contribution in [0.15, 0.2) is 36.5 Å². The van der Waals surface area contributed by atoms with Crippen LogP contribution >= 0.6 is 0 Å². The van der Waals surface area contributed by atoms with Crippen LogP contribution in [-0.4, -0.2) is 37.7 Å². The van der Waals surface area contributed by atoms with Crippen molar-refractivity contribution in [2.24, 2.45) is 5.73 Å². The first-order valence-electron chi connectivity index (χ1n) is 8.03. The molecule has 3 N–H and O–H groups in total. The molecule has 126 valence electrons. The predicted octanol–water partition coefficient (Wildman–Crippen LogP) is 1.32. The number of imidazole rings is 1. The number of aromatic nitrogens is 3. The van der Waals surface area contributed by atoms with E-state index >= 15 is 0 Å². The third kappa shape index (κ3) is 2.53. The van der Waals surface area contributed by atoms with Gasteiger partial charge in [0.15, 0.2) is 5.65 Å². The Morgan fingerprint density at radius 2 is 2.00 bits per heavy atom. The number of carbonyl (C=O) groups is 2. The van der Waals surface area contributed by atoms with Gasteiger partial charge in [-0.05, 0) is 24.1 Å². The molecule has 1 aliphatic rings. The number of hydrogen-bond donors (Lipinski definition) is 2. The summed E-state index contributed by atoms with van der Waals surface area (Å²) >= 11 is 0. The molecule has 0 fully saturated rings. The number of rotatable bonds is 2. The first-order chi connectivity index (χ1) is 12.0. The number of nitrogens with one attached hydrogen (secondary N) is 1. The molecule has 7 nitrogen and oxygen atoms in total. The summed E-state index contributed by atoms with van der Waals surface area (Å²) in [4.78, 5) is 38.2. The SMILES string of the molecule is Cc1nc2nccc(C(=O)N3Cc4ccccc4C[C@H]3C(N)=O)c2[nH]1. The quantitative estimate of drug-likeness (QED) is 0.737. The van der Waals surface area contributed by atoms with Crippen LogP contribution in [0.5, 0.6) is 0 Å². The van der Waals surface area contributed by atoms with E-state index in [2.05, 4.69) is 15.0 Å². The number of benzene rings is 1. The first kappa shape index (κ1) is 15.3. The van der Waals surface area contributed by atoms with Crippen LogP contribution in [0.1, 0.15) is 27.3 Å². The van der Waals surface area contributed by atoms with Gasteiger partial charge in [-0.3, -0.25) is 9.59 Å². The highest BCUT2D eigenvalue weighted by atomic mass is 16.2. The number of nitrogens with zero attached hydrogens (tertiary/aromatic N) is 3. The largest absolute Gasteiger partial charge is 0.368 e. The van der Waals surface area contributed by atoms with Crippen LogP contribution in [0.25, 0.3) is 11.2 Å². The Morgan fingerprint density at radius 1 is 1.24 bits per heavy atom. The number of fused-ring (bicyclic) bond motifs is 2. The number of H-pyrrole nitrogens is 1. The van der Waals surface area contributed by atoms with E-state index in [0.717, 1.165) is 11.1 Å². The highest BCUT2D eigenvalue weighted by molar-refractivity contribution is 6.05. The molecule has 0 radical (unpaired) electrons. The normalized spacial score (nSPS) is 16.7. The van der Waals surface area contributed by atoms with Crippen molar-refractivity contribution >= 4 is 23.0 Å². The average molecular weight is 335 g/mol. The van der Waals surface area contributed by atoms with Gasteiger partial charge in [0.05, 0.1) is 11.1 Å². The molecule has 3 heterocycles. The fourth-order valence-corrected chi connectivity index (χ4v) is 3.35. The van der Waals surface area contributed by atoms with Gasteiger partial charge in [-0.2, -0.15) is 0 Å². The van der Waals surface area contributed by atoms with Crippen molar-refractivity contribution in [2.75, 3.05) is 0 Å². The molecule has 25 heavy (non-hydrogen) atoms. The lowest BCUT2D eigenvalue weighted by Crippen LogP contribution is -2.51. The second kappa shape index (κ2) is 5.70. The number of carbonyl (C=O) groups excluding carboxylic acids is 2. The van der Waals surface area contributed by atoms with E-state index in [1.165, 1.54) is 4.90 Å². The molecule has 7 heteroatoms. The molecular weight excluding hydrogens is 318 g/mol. The van der Waals surface area contributed by atoms with Crippen LogP contribution in [0.3, 0.4) is 0 Å². The maximum atomic E-state index is 13.2. The van der Waals surface area contributed by atoms with Gasteiger partial charge >= 0.3 is 0 Å². The minimum atomic E-state index is -0.672. The lowest BCUT2D eigenvalue weighted by Gasteiger charge is -2.35. The Balaban J connectivity index is 1.78. The van der Waals surface area contributed by atoms with Crippen molar-refractivity contribution in [3.05, 3.63) is 59.0 Å². The summed E-state index contributed by atoms with van der Waals surface area (Å²) in [5.41, 5.74) is 9.16. The van der Waals surface area contributed by atoms with E-state index in [1.807, 2.05) is 24.3 Å². The molecule has 0 spiro atoms. The van der Waals surface area contributed by atoms with Crippen LogP contribution in [0, 0.1) is 6.92 Å². The van der Waals surface area contributed by atoms with E-state index in [4.69, 9.17) is 5.73 Å². The van der Waals surface area contributed by atoms with E-state index in [9.17, 15) is 9.59 Å². The zero-order chi connectivity index (χ0) is 17.6. The number of hydrogen-bond acceptors (Lipinski definition) is 4. The Morgan fingerprint density at radius 3 is 2.76 bits per heavy atom. The molecule has 2 amide bonds. The monoisotopic (exact) mass is 335 g/mol. The van der Waals surface area contributed by atoms with Gasteiger partial charge in [-0.25, -0.2) is 9.97 Å². The first-order valence-corrected chi connectivity index (χ1v) is 8.03. The summed E-state index contributed by atoms with van der Waals surface area (Å²) in [6.07, 6.45) is 1.97. The van der Waals surface area contributed by atoms with Crippen molar-refractivity contribution in [2.45, 2.75) is 25.9 Å². The van der Waals surface area contributed by atoms with Crippen molar-refractivity contribution in [3.8, 4) is 0 Å². The Hall–Kier alpha value is -3.22. The molecule has 0 saturated carbocycles. The van der Waals surface area contributed by atoms with Crippen LogP contribution in [-0.2, 0) is 17.8 Å². The van der Waals surface area contributed by atoms with E-state index in [-0.39, 0.29) is 5.91 Å². The number of pyridine rings is 1. The van der Waals surface area contributed by atoms with Gasteiger partial charge < -0.3 is 15.6 Å². The molecule has 0 unspecified atom stereocenters. The second-order valence-corrected chi connectivity index (χ2v) is 6.20. The van der Waals surface area contributed by atoms with Gasteiger partial charge in [-0.1, -0.05) is 24.3 Å². The maximum Gasteiger partial charge on any atom is 0.257 e. The van der Waals surface area contributed by atoms with Crippen molar-refractivity contribution in [3.63, 3.8) is 0 Å². The summed E-state index contributed by atoms with van der Waals surface area (Å²) in [5, 5.41) is 0. The summed E-state index contributed by atoms with van der Waals surface area (Å²) in [5.74, 6) is -0.0820. The van der Waals surface area contributed by atoms with Gasteiger partial charge in [0.2, 0.25) is 5.91 Å². The van der Waals surface area contributed by atoms with Gasteiger partial charge in [0, 0.05) is 19.2 Å². The van der Waals surface area contributed by atoms with Crippen LogP contribution in [0.4, 0.5) is 0 Å². The molecule has 4 rings (SSSR count). The van der Waals surface area contributed by atoms with E-state index in [1.54, 1.807) is 19.2 Å². The molecule has 1 aliphatic heterocycles. The molecule has 2 aromatic heterocycles. The second-order valence-electron chi connectivity index (χ2n) is 6.20. The smallest absolute Gasteiger partial charge is 0.257 e. The Labute approximate surface area is 143 Å². The fraction of sp³-hybridized carbons (Fsp3) is 0.222. The minimum absolute atomic E-state index is 0.255. The van der Waals surface area contributed by atoms with Gasteiger partial charge in [-0.15, -0.1) is 0 Å². The van der Waals surface area contributed by atoms with E-state index in [0.29, 0.717) is 35.5 Å². The zero-order valence-electron chi connectivity index (χ0n) is 13.7. The molecule has 0 aliphatic carbocycles. The molecule has 0 saturated heterocycles. The van der Waals surface area contributed by atoms with Gasteiger partial charge in [0.1, 0.15) is 11.9 Å². The highest BCUT2D eigenvalue weighted by Gasteiger charge is 2.34. The molecule has 0 bridgehead atoms. The maximum absolute atomic E-state index is 13.2. The van der Waals surface area contributed by atoms with Crippen molar-refractivity contribution < 1.29 is 9.59 Å². The predicted molar refractivity (Wildman–Crippen MR) is 91.6 cm³/mol. The molecule has 1 atom stereocenters. The third-order valence-electron chi connectivity index (χ3n) is 4.58. The molecule has 3 aromatic rings. The van der Waals surface area contributed by atoms with Gasteiger partial charge in [0.25, 0.3) is 5.91 Å². The minimum Gasteiger partial charge on any atom is -0.368 e. The zero-order valence-corrected chi connectivity index (χ0v) is 13.7. The highest BCUT2D eigenvalue weighted by Crippen LogP contribution is 2.26. The number of primary amides is 1. The lowest BCUT2D eigenvalue weighted by atomic mass is 9.93. The van der Waals surface area contributed by atoms with Crippen LogP contribution in [0.2, 0.25) is 0 Å². The lowest BCUT2D eigenvalue weighted by molar-refractivity contribution is -0.122. The fourth-order valence-electron chi connectivity index (χ4n) is 3.35. The van der Waals surface area contributed by atoms with Crippen molar-refractivity contribution in [1.82, 2.24) is 19.9 Å². The number of aromatic amines is 1. The number of nitrogens with two attached hydrogens (primary N) is 1. The van der Waals surface area contributed by atoms with Crippen LogP contribution < -0.4 is 5.73 Å². The number of aryl methyl sites for hydroxylation is 1. The van der Waals surface area contributed by atoms with E-state index < -0.39 is 11.9 Å². The summed E-state index contributed by atoms with van der Waals surface area (Å²) < 4.78 is 0. The summed E-state index contributed by atoms with van der Waals surface area (Å²) in [7, 11) is 0. The Bertz CT molecular complexity index is 994.